The van der Waals surface area contributed by atoms with Crippen LogP contribution < -0.4 is 5.56 Å². The molecule has 0 bridgehead atoms. The average Bonchev–Trinajstić information content (AvgIpc) is 3.64. The van der Waals surface area contributed by atoms with E-state index >= 15 is 0 Å². The minimum Gasteiger partial charge on any atom is -0.387 e. The van der Waals surface area contributed by atoms with Gasteiger partial charge < -0.3 is 14.3 Å². The van der Waals surface area contributed by atoms with E-state index < -0.39 is 42.3 Å². The lowest BCUT2D eigenvalue weighted by Gasteiger charge is -2.31. The Morgan fingerprint density at radius 1 is 1.26 bits per heavy atom. The van der Waals surface area contributed by atoms with E-state index in [1.807, 2.05) is 5.38 Å². The summed E-state index contributed by atoms with van der Waals surface area (Å²) >= 11 is 1.43. The monoisotopic (exact) mass is 570 g/mol. The number of thiazole rings is 1. The lowest BCUT2D eigenvalue weighted by molar-refractivity contribution is -0.139. The van der Waals surface area contributed by atoms with E-state index in [-0.39, 0.29) is 23.6 Å². The summed E-state index contributed by atoms with van der Waals surface area (Å²) in [6, 6.07) is 1.79. The summed E-state index contributed by atoms with van der Waals surface area (Å²) in [7, 11) is 1.56. The van der Waals surface area contributed by atoms with Gasteiger partial charge >= 0.3 is 6.18 Å². The van der Waals surface area contributed by atoms with Crippen LogP contribution in [0.5, 0.6) is 0 Å². The lowest BCUT2D eigenvalue weighted by atomic mass is 9.97. The highest BCUT2D eigenvalue weighted by molar-refractivity contribution is 7.10. The van der Waals surface area contributed by atoms with Gasteiger partial charge in [-0.3, -0.25) is 14.3 Å². The Balaban J connectivity index is 1.18. The van der Waals surface area contributed by atoms with Gasteiger partial charge in [-0.15, -0.1) is 11.3 Å². The summed E-state index contributed by atoms with van der Waals surface area (Å²) in [5.74, 6) is -0.372. The standard InChI is InChI=1S/C24H23F5N6O3S/c1-33-10-14(20(31-33)21(25)26)18-9-16(32-38-18)17-12-39-22(30-17)13-4-7-34(8-5-13)19(36)11-35-6-2-3-15(23(35)37)24(27,28)29/h2-3,6,10,12-13,18,21H,4-5,7-9,11H2,1H3. The molecule has 0 spiro atoms. The molecule has 1 unspecified atom stereocenters. The van der Waals surface area contributed by atoms with E-state index in [0.29, 0.717) is 43.4 Å². The zero-order valence-electron chi connectivity index (χ0n) is 20.6. The van der Waals surface area contributed by atoms with Crippen LogP contribution in [0.15, 0.2) is 39.9 Å². The molecular formula is C24H23F5N6O3S. The van der Waals surface area contributed by atoms with Gasteiger partial charge in [0.1, 0.15) is 23.5 Å². The maximum atomic E-state index is 13.3. The highest BCUT2D eigenvalue weighted by atomic mass is 32.1. The molecule has 2 aliphatic heterocycles. The van der Waals surface area contributed by atoms with Crippen molar-refractivity contribution in [2.75, 3.05) is 13.1 Å². The number of hydrogen-bond donors (Lipinski definition) is 0. The van der Waals surface area contributed by atoms with Crippen molar-refractivity contribution < 1.29 is 31.6 Å². The van der Waals surface area contributed by atoms with Crippen LogP contribution >= 0.6 is 11.3 Å². The van der Waals surface area contributed by atoms with E-state index in [1.54, 1.807) is 7.05 Å². The second kappa shape index (κ2) is 10.5. The van der Waals surface area contributed by atoms with Crippen molar-refractivity contribution in [3.63, 3.8) is 0 Å². The van der Waals surface area contributed by atoms with Gasteiger partial charge in [0.25, 0.3) is 12.0 Å². The Hall–Kier alpha value is -3.62. The Kier molecular flexibility index (Phi) is 7.27. The fourth-order valence-electron chi connectivity index (χ4n) is 4.74. The molecule has 2 aliphatic rings. The Labute approximate surface area is 222 Å². The van der Waals surface area contributed by atoms with Gasteiger partial charge in [-0.1, -0.05) is 5.16 Å². The van der Waals surface area contributed by atoms with Gasteiger partial charge in [0, 0.05) is 55.8 Å². The number of oxime groups is 1. The molecular weight excluding hydrogens is 547 g/mol. The molecule has 208 valence electrons. The van der Waals surface area contributed by atoms with Gasteiger partial charge in [-0.05, 0) is 25.0 Å². The van der Waals surface area contributed by atoms with Gasteiger partial charge in [-0.2, -0.15) is 18.3 Å². The molecule has 1 saturated heterocycles. The first kappa shape index (κ1) is 27.0. The molecule has 3 aromatic heterocycles. The minimum atomic E-state index is -4.79. The molecule has 5 heterocycles. The zero-order valence-corrected chi connectivity index (χ0v) is 21.4. The predicted molar refractivity (Wildman–Crippen MR) is 130 cm³/mol. The van der Waals surface area contributed by atoms with Crippen molar-refractivity contribution in [2.45, 2.75) is 50.4 Å². The van der Waals surface area contributed by atoms with Gasteiger partial charge in [0.2, 0.25) is 5.91 Å². The number of carbonyl (C=O) groups is 1. The molecule has 5 rings (SSSR count). The number of aromatic nitrogens is 4. The lowest BCUT2D eigenvalue weighted by Crippen LogP contribution is -2.41. The van der Waals surface area contributed by atoms with E-state index in [9.17, 15) is 31.5 Å². The van der Waals surface area contributed by atoms with Crippen molar-refractivity contribution in [1.29, 1.82) is 0 Å². The molecule has 0 radical (unpaired) electrons. The van der Waals surface area contributed by atoms with Crippen molar-refractivity contribution in [3.05, 3.63) is 67.8 Å². The number of pyridine rings is 1. The first-order chi connectivity index (χ1) is 18.5. The average molecular weight is 571 g/mol. The van der Waals surface area contributed by atoms with E-state index in [4.69, 9.17) is 4.84 Å². The largest absolute Gasteiger partial charge is 0.421 e. The maximum absolute atomic E-state index is 13.3. The molecule has 0 aromatic carbocycles. The number of aryl methyl sites for hydroxylation is 1. The SMILES string of the molecule is Cn1cc(C2CC(c3csc(C4CCN(C(=O)Cn5cccc(C(F)(F)F)c5=O)CC4)n3)=NO2)c(C(F)F)n1. The number of nitrogens with zero attached hydrogens (tertiary/aromatic N) is 6. The third-order valence-electron chi connectivity index (χ3n) is 6.76. The molecule has 1 fully saturated rings. The van der Waals surface area contributed by atoms with E-state index in [0.717, 1.165) is 15.6 Å². The maximum Gasteiger partial charge on any atom is 0.421 e. The highest BCUT2D eigenvalue weighted by Gasteiger charge is 2.35. The van der Waals surface area contributed by atoms with Crippen LogP contribution in [0, 0.1) is 0 Å². The number of carbonyl (C=O) groups excluding carboxylic acids is 1. The van der Waals surface area contributed by atoms with E-state index in [2.05, 4.69) is 15.2 Å². The van der Waals surface area contributed by atoms with Crippen LogP contribution in [-0.2, 0) is 29.4 Å². The molecule has 0 saturated carbocycles. The quantitative estimate of drug-likeness (QED) is 0.413. The molecule has 9 nitrogen and oxygen atoms in total. The summed E-state index contributed by atoms with van der Waals surface area (Å²) in [4.78, 5) is 36.5. The second-order valence-electron chi connectivity index (χ2n) is 9.36. The van der Waals surface area contributed by atoms with Crippen LogP contribution in [0.25, 0.3) is 0 Å². The third kappa shape index (κ3) is 5.58. The van der Waals surface area contributed by atoms with Gasteiger partial charge in [0.15, 0.2) is 6.10 Å². The van der Waals surface area contributed by atoms with Crippen molar-refractivity contribution in [3.8, 4) is 0 Å². The molecule has 15 heteroatoms. The Morgan fingerprint density at radius 3 is 2.69 bits per heavy atom. The molecule has 1 amide bonds. The topological polar surface area (TPSA) is 94.6 Å². The number of likely N-dealkylation sites (tertiary alicyclic amines) is 1. The number of rotatable bonds is 6. The fourth-order valence-corrected chi connectivity index (χ4v) is 5.74. The molecule has 39 heavy (non-hydrogen) atoms. The summed E-state index contributed by atoms with van der Waals surface area (Å²) in [5, 5.41) is 10.5. The Morgan fingerprint density at radius 2 is 2.00 bits per heavy atom. The van der Waals surface area contributed by atoms with Crippen molar-refractivity contribution in [1.82, 2.24) is 24.2 Å². The summed E-state index contributed by atoms with van der Waals surface area (Å²) < 4.78 is 67.8. The molecule has 0 N–H and O–H groups in total. The summed E-state index contributed by atoms with van der Waals surface area (Å²) in [5.41, 5.74) is -1.47. The number of piperidine rings is 1. The van der Waals surface area contributed by atoms with Gasteiger partial charge in [-0.25, -0.2) is 13.8 Å². The first-order valence-electron chi connectivity index (χ1n) is 12.1. The number of halogens is 5. The van der Waals surface area contributed by atoms with Crippen LogP contribution in [0.2, 0.25) is 0 Å². The summed E-state index contributed by atoms with van der Waals surface area (Å²) in [6.45, 7) is 0.269. The summed E-state index contributed by atoms with van der Waals surface area (Å²) in [6.07, 6.45) is -4.08. The minimum absolute atomic E-state index is 0.0616. The van der Waals surface area contributed by atoms with Crippen LogP contribution in [0.3, 0.4) is 0 Å². The zero-order chi connectivity index (χ0) is 27.9. The number of hydrogen-bond acceptors (Lipinski definition) is 7. The fraction of sp³-hybridized carbons (Fsp3) is 0.458. The normalized spacial score (nSPS) is 18.5. The molecule has 3 aromatic rings. The molecule has 1 atom stereocenters. The van der Waals surface area contributed by atoms with Crippen molar-refractivity contribution in [2.24, 2.45) is 12.2 Å². The van der Waals surface area contributed by atoms with Crippen LogP contribution in [-0.4, -0.2) is 48.9 Å². The third-order valence-corrected chi connectivity index (χ3v) is 7.76. The molecule has 0 aliphatic carbocycles. The predicted octanol–water partition coefficient (Wildman–Crippen LogP) is 4.27. The number of alkyl halides is 5. The first-order valence-corrected chi connectivity index (χ1v) is 12.9. The van der Waals surface area contributed by atoms with Crippen LogP contribution in [0.1, 0.15) is 65.2 Å². The van der Waals surface area contributed by atoms with Crippen LogP contribution in [0.4, 0.5) is 22.0 Å². The van der Waals surface area contributed by atoms with E-state index in [1.165, 1.54) is 33.3 Å². The number of amides is 1. The second-order valence-corrected chi connectivity index (χ2v) is 10.2. The van der Waals surface area contributed by atoms with Gasteiger partial charge in [0.05, 0.1) is 10.7 Å². The van der Waals surface area contributed by atoms with Crippen molar-refractivity contribution >= 4 is 23.0 Å². The Bertz CT molecular complexity index is 1450. The highest BCUT2D eigenvalue weighted by Crippen LogP contribution is 2.36. The smallest absolute Gasteiger partial charge is 0.387 e.